The summed E-state index contributed by atoms with van der Waals surface area (Å²) in [4.78, 5) is 16.8. The molecule has 3 aromatic carbocycles. The quantitative estimate of drug-likeness (QED) is 0.419. The van der Waals surface area contributed by atoms with E-state index in [1.165, 1.54) is 15.8 Å². The second-order valence-electron chi connectivity index (χ2n) is 6.91. The molecule has 4 rings (SSSR count). The van der Waals surface area contributed by atoms with E-state index < -0.39 is 0 Å². The standard InChI is InChI=1S/C24H21N3OS/c1-16-4-3-5-18(14-16)12-13-25-24(28)26-20-9-7-19(8-10-20)23-27-21-11-6-17(2)15-22(21)29-23/h3-15H,1-2H3,(H2,25,26,28)/b13-12+. The molecule has 0 aliphatic rings. The summed E-state index contributed by atoms with van der Waals surface area (Å²) in [5, 5.41) is 6.54. The van der Waals surface area contributed by atoms with Gasteiger partial charge in [0.25, 0.3) is 0 Å². The third kappa shape index (κ3) is 4.70. The molecule has 0 unspecified atom stereocenters. The number of aromatic nitrogens is 1. The molecule has 4 aromatic rings. The van der Waals surface area contributed by atoms with Crippen LogP contribution in [0.3, 0.4) is 0 Å². The van der Waals surface area contributed by atoms with Crippen LogP contribution < -0.4 is 10.6 Å². The molecule has 4 nitrogen and oxygen atoms in total. The Bertz CT molecular complexity index is 1190. The van der Waals surface area contributed by atoms with Gasteiger partial charge in [-0.25, -0.2) is 9.78 Å². The molecular weight excluding hydrogens is 378 g/mol. The van der Waals surface area contributed by atoms with E-state index in [0.717, 1.165) is 27.3 Å². The van der Waals surface area contributed by atoms with E-state index in [2.05, 4.69) is 41.8 Å². The third-order valence-corrected chi connectivity index (χ3v) is 5.53. The lowest BCUT2D eigenvalue weighted by molar-refractivity contribution is 0.255. The van der Waals surface area contributed by atoms with Gasteiger partial charge in [-0.2, -0.15) is 0 Å². The van der Waals surface area contributed by atoms with Crippen LogP contribution in [0.15, 0.2) is 72.9 Å². The fraction of sp³-hybridized carbons (Fsp3) is 0.0833. The normalized spacial score (nSPS) is 11.1. The Morgan fingerprint density at radius 2 is 1.76 bits per heavy atom. The highest BCUT2D eigenvalue weighted by atomic mass is 32.1. The molecule has 0 aliphatic carbocycles. The Hall–Kier alpha value is -3.44. The number of nitrogens with zero attached hydrogens (tertiary/aromatic N) is 1. The zero-order chi connectivity index (χ0) is 20.2. The number of hydrogen-bond acceptors (Lipinski definition) is 3. The summed E-state index contributed by atoms with van der Waals surface area (Å²) in [7, 11) is 0. The number of benzene rings is 3. The zero-order valence-electron chi connectivity index (χ0n) is 16.3. The molecular formula is C24H21N3OS. The number of hydrogen-bond donors (Lipinski definition) is 2. The Balaban J connectivity index is 1.39. The summed E-state index contributed by atoms with van der Waals surface area (Å²) in [6.07, 6.45) is 3.51. The number of anilines is 1. The minimum atomic E-state index is -0.280. The van der Waals surface area contributed by atoms with Crippen molar-refractivity contribution < 1.29 is 4.79 Å². The molecule has 0 aliphatic heterocycles. The summed E-state index contributed by atoms with van der Waals surface area (Å²) >= 11 is 1.67. The number of fused-ring (bicyclic) bond motifs is 1. The van der Waals surface area contributed by atoms with Gasteiger partial charge in [0.2, 0.25) is 0 Å². The molecule has 144 valence electrons. The van der Waals surface area contributed by atoms with Gasteiger partial charge in [-0.05, 0) is 67.4 Å². The lowest BCUT2D eigenvalue weighted by Gasteiger charge is -2.05. The number of carbonyl (C=O) groups is 1. The van der Waals surface area contributed by atoms with Gasteiger partial charge >= 0.3 is 6.03 Å². The van der Waals surface area contributed by atoms with E-state index in [0.29, 0.717) is 0 Å². The molecule has 0 atom stereocenters. The van der Waals surface area contributed by atoms with Gasteiger partial charge in [0, 0.05) is 17.5 Å². The van der Waals surface area contributed by atoms with Crippen LogP contribution in [0.1, 0.15) is 16.7 Å². The molecule has 2 amide bonds. The van der Waals surface area contributed by atoms with E-state index in [1.54, 1.807) is 17.5 Å². The average molecular weight is 400 g/mol. The fourth-order valence-electron chi connectivity index (χ4n) is 3.01. The SMILES string of the molecule is Cc1cccc(/C=C/NC(=O)Nc2ccc(-c3nc4ccc(C)cc4s3)cc2)c1. The largest absolute Gasteiger partial charge is 0.323 e. The summed E-state index contributed by atoms with van der Waals surface area (Å²) in [5.74, 6) is 0. The summed E-state index contributed by atoms with van der Waals surface area (Å²) in [5.41, 5.74) is 6.23. The first kappa shape index (κ1) is 18.9. The van der Waals surface area contributed by atoms with E-state index in [1.807, 2.05) is 55.5 Å². The van der Waals surface area contributed by atoms with Crippen molar-refractivity contribution in [2.24, 2.45) is 0 Å². The third-order valence-electron chi connectivity index (χ3n) is 4.47. The lowest BCUT2D eigenvalue weighted by atomic mass is 10.1. The van der Waals surface area contributed by atoms with Crippen molar-refractivity contribution in [3.8, 4) is 10.6 Å². The number of thiazole rings is 1. The van der Waals surface area contributed by atoms with E-state index >= 15 is 0 Å². The smallest absolute Gasteiger partial charge is 0.314 e. The first-order chi connectivity index (χ1) is 14.1. The number of urea groups is 1. The van der Waals surface area contributed by atoms with Crippen molar-refractivity contribution in [2.75, 3.05) is 5.32 Å². The lowest BCUT2D eigenvalue weighted by Crippen LogP contribution is -2.23. The van der Waals surface area contributed by atoms with Gasteiger partial charge in [-0.15, -0.1) is 11.3 Å². The van der Waals surface area contributed by atoms with Crippen LogP contribution >= 0.6 is 11.3 Å². The molecule has 2 N–H and O–H groups in total. The monoisotopic (exact) mass is 399 g/mol. The predicted octanol–water partition coefficient (Wildman–Crippen LogP) is 6.37. The van der Waals surface area contributed by atoms with Gasteiger partial charge < -0.3 is 10.6 Å². The highest BCUT2D eigenvalue weighted by molar-refractivity contribution is 7.21. The predicted molar refractivity (Wildman–Crippen MR) is 122 cm³/mol. The first-order valence-electron chi connectivity index (χ1n) is 9.35. The number of amides is 2. The molecule has 1 heterocycles. The molecule has 5 heteroatoms. The maximum absolute atomic E-state index is 12.1. The van der Waals surface area contributed by atoms with Gasteiger partial charge in [0.15, 0.2) is 0 Å². The maximum Gasteiger partial charge on any atom is 0.323 e. The molecule has 1 aromatic heterocycles. The molecule has 0 saturated heterocycles. The summed E-state index contributed by atoms with van der Waals surface area (Å²) in [6.45, 7) is 4.12. The van der Waals surface area contributed by atoms with Crippen LogP contribution in [-0.4, -0.2) is 11.0 Å². The van der Waals surface area contributed by atoms with E-state index in [4.69, 9.17) is 4.98 Å². The first-order valence-corrected chi connectivity index (χ1v) is 10.2. The number of aryl methyl sites for hydroxylation is 2. The highest BCUT2D eigenvalue weighted by Crippen LogP contribution is 2.31. The van der Waals surface area contributed by atoms with Crippen LogP contribution in [0.4, 0.5) is 10.5 Å². The molecule has 0 radical (unpaired) electrons. The molecule has 0 fully saturated rings. The fourth-order valence-corrected chi connectivity index (χ4v) is 4.08. The van der Waals surface area contributed by atoms with Crippen molar-refractivity contribution in [3.63, 3.8) is 0 Å². The Morgan fingerprint density at radius 1 is 0.966 bits per heavy atom. The van der Waals surface area contributed by atoms with Gasteiger partial charge in [0.1, 0.15) is 5.01 Å². The topological polar surface area (TPSA) is 54.0 Å². The second kappa shape index (κ2) is 8.29. The van der Waals surface area contributed by atoms with Crippen LogP contribution in [0.2, 0.25) is 0 Å². The zero-order valence-corrected chi connectivity index (χ0v) is 17.1. The minimum absolute atomic E-state index is 0.280. The Kier molecular flexibility index (Phi) is 5.40. The molecule has 0 spiro atoms. The van der Waals surface area contributed by atoms with Crippen molar-refractivity contribution in [3.05, 3.63) is 89.6 Å². The van der Waals surface area contributed by atoms with Crippen molar-refractivity contribution in [2.45, 2.75) is 13.8 Å². The van der Waals surface area contributed by atoms with Crippen LogP contribution in [0, 0.1) is 13.8 Å². The number of rotatable bonds is 4. The van der Waals surface area contributed by atoms with E-state index in [9.17, 15) is 4.79 Å². The van der Waals surface area contributed by atoms with E-state index in [-0.39, 0.29) is 6.03 Å². The molecule has 29 heavy (non-hydrogen) atoms. The van der Waals surface area contributed by atoms with Crippen molar-refractivity contribution in [1.82, 2.24) is 10.3 Å². The Morgan fingerprint density at radius 3 is 2.55 bits per heavy atom. The number of nitrogens with one attached hydrogen (secondary N) is 2. The minimum Gasteiger partial charge on any atom is -0.314 e. The van der Waals surface area contributed by atoms with Crippen LogP contribution in [-0.2, 0) is 0 Å². The average Bonchev–Trinajstić information content (AvgIpc) is 3.12. The highest BCUT2D eigenvalue weighted by Gasteiger charge is 2.07. The van der Waals surface area contributed by atoms with Crippen molar-refractivity contribution >= 4 is 39.3 Å². The second-order valence-corrected chi connectivity index (χ2v) is 7.94. The number of carbonyl (C=O) groups excluding carboxylic acids is 1. The summed E-state index contributed by atoms with van der Waals surface area (Å²) < 4.78 is 1.18. The van der Waals surface area contributed by atoms with Crippen molar-refractivity contribution in [1.29, 1.82) is 0 Å². The molecule has 0 saturated carbocycles. The Labute approximate surface area is 173 Å². The van der Waals surface area contributed by atoms with Gasteiger partial charge in [0.05, 0.1) is 10.2 Å². The van der Waals surface area contributed by atoms with Gasteiger partial charge in [-0.3, -0.25) is 0 Å². The maximum atomic E-state index is 12.1. The molecule has 0 bridgehead atoms. The van der Waals surface area contributed by atoms with Gasteiger partial charge in [-0.1, -0.05) is 35.9 Å². The van der Waals surface area contributed by atoms with Crippen LogP contribution in [0.25, 0.3) is 26.9 Å². The summed E-state index contributed by atoms with van der Waals surface area (Å²) in [6, 6.07) is 21.8. The van der Waals surface area contributed by atoms with Crippen LogP contribution in [0.5, 0.6) is 0 Å².